The summed E-state index contributed by atoms with van der Waals surface area (Å²) < 4.78 is 11.8. The minimum atomic E-state index is -0.468. The Hall–Kier alpha value is -2.74. The summed E-state index contributed by atoms with van der Waals surface area (Å²) in [4.78, 5) is 14.6. The predicted octanol–water partition coefficient (Wildman–Crippen LogP) is 4.29. The van der Waals surface area contributed by atoms with Crippen molar-refractivity contribution in [3.8, 4) is 17.1 Å². The molecular formula is C16H12BrN3O4. The van der Waals surface area contributed by atoms with Crippen LogP contribution in [0.3, 0.4) is 0 Å². The monoisotopic (exact) mass is 389 g/mol. The van der Waals surface area contributed by atoms with E-state index < -0.39 is 4.92 Å². The summed E-state index contributed by atoms with van der Waals surface area (Å²) in [5.74, 6) is 1.29. The second kappa shape index (κ2) is 6.79. The summed E-state index contributed by atoms with van der Waals surface area (Å²) in [6.07, 6.45) is 0. The first-order valence-electron chi connectivity index (χ1n) is 6.99. The topological polar surface area (TPSA) is 91.3 Å². The molecule has 0 atom stereocenters. The number of hydrogen-bond acceptors (Lipinski definition) is 6. The first kappa shape index (κ1) is 16.1. The van der Waals surface area contributed by atoms with Crippen molar-refractivity contribution in [2.75, 3.05) is 0 Å². The van der Waals surface area contributed by atoms with Crippen LogP contribution < -0.4 is 4.74 Å². The second-order valence-electron chi connectivity index (χ2n) is 5.02. The van der Waals surface area contributed by atoms with E-state index in [-0.39, 0.29) is 18.1 Å². The van der Waals surface area contributed by atoms with Gasteiger partial charge in [0, 0.05) is 22.2 Å². The van der Waals surface area contributed by atoms with Crippen molar-refractivity contribution in [1.29, 1.82) is 0 Å². The predicted molar refractivity (Wildman–Crippen MR) is 89.6 cm³/mol. The lowest BCUT2D eigenvalue weighted by Crippen LogP contribution is -1.97. The SMILES string of the molecule is Cc1cc(Br)ccc1OCc1nc(-c2cccc([N+](=O)[O-])c2)no1. The maximum atomic E-state index is 10.8. The number of nitrogens with zero attached hydrogens (tertiary/aromatic N) is 3. The highest BCUT2D eigenvalue weighted by molar-refractivity contribution is 9.10. The molecule has 1 aromatic heterocycles. The summed E-state index contributed by atoms with van der Waals surface area (Å²) in [7, 11) is 0. The van der Waals surface area contributed by atoms with Gasteiger partial charge in [-0.05, 0) is 30.7 Å². The molecule has 3 aromatic rings. The number of hydrogen-bond donors (Lipinski definition) is 0. The number of halogens is 1. The lowest BCUT2D eigenvalue weighted by Gasteiger charge is -2.06. The number of aromatic nitrogens is 2. The summed E-state index contributed by atoms with van der Waals surface area (Å²) >= 11 is 3.39. The normalized spacial score (nSPS) is 10.6. The fourth-order valence-corrected chi connectivity index (χ4v) is 2.58. The summed E-state index contributed by atoms with van der Waals surface area (Å²) in [6, 6.07) is 11.7. The van der Waals surface area contributed by atoms with E-state index in [0.29, 0.717) is 17.2 Å². The number of nitro groups is 1. The van der Waals surface area contributed by atoms with Gasteiger partial charge in [0.2, 0.25) is 5.82 Å². The third kappa shape index (κ3) is 3.60. The second-order valence-corrected chi connectivity index (χ2v) is 5.93. The van der Waals surface area contributed by atoms with Crippen LogP contribution in [0.25, 0.3) is 11.4 Å². The first-order valence-corrected chi connectivity index (χ1v) is 7.78. The van der Waals surface area contributed by atoms with Gasteiger partial charge in [-0.15, -0.1) is 0 Å². The van der Waals surface area contributed by atoms with Crippen LogP contribution in [0.1, 0.15) is 11.5 Å². The molecule has 0 saturated carbocycles. The molecule has 24 heavy (non-hydrogen) atoms. The quantitative estimate of drug-likeness (QED) is 0.477. The molecule has 7 nitrogen and oxygen atoms in total. The van der Waals surface area contributed by atoms with Crippen molar-refractivity contribution < 1.29 is 14.2 Å². The summed E-state index contributed by atoms with van der Waals surface area (Å²) in [5, 5.41) is 14.7. The molecule has 0 unspecified atom stereocenters. The third-order valence-corrected chi connectivity index (χ3v) is 3.76. The van der Waals surface area contributed by atoms with E-state index in [2.05, 4.69) is 26.1 Å². The Morgan fingerprint density at radius 2 is 2.12 bits per heavy atom. The Balaban J connectivity index is 1.74. The van der Waals surface area contributed by atoms with Crippen LogP contribution in [0.4, 0.5) is 5.69 Å². The van der Waals surface area contributed by atoms with Gasteiger partial charge < -0.3 is 9.26 Å². The van der Waals surface area contributed by atoms with Crippen LogP contribution in [-0.2, 0) is 6.61 Å². The smallest absolute Gasteiger partial charge is 0.270 e. The van der Waals surface area contributed by atoms with Crippen molar-refractivity contribution in [3.05, 3.63) is 68.5 Å². The van der Waals surface area contributed by atoms with E-state index in [9.17, 15) is 10.1 Å². The Morgan fingerprint density at radius 1 is 1.29 bits per heavy atom. The number of benzene rings is 2. The number of rotatable bonds is 5. The molecular weight excluding hydrogens is 378 g/mol. The van der Waals surface area contributed by atoms with Crippen LogP contribution in [0.2, 0.25) is 0 Å². The molecule has 0 amide bonds. The molecule has 0 aliphatic carbocycles. The molecule has 0 aliphatic heterocycles. The summed E-state index contributed by atoms with van der Waals surface area (Å²) in [6.45, 7) is 2.05. The largest absolute Gasteiger partial charge is 0.483 e. The van der Waals surface area contributed by atoms with Crippen LogP contribution in [-0.4, -0.2) is 15.1 Å². The Morgan fingerprint density at radius 3 is 2.88 bits per heavy atom. The van der Waals surface area contributed by atoms with Crippen molar-refractivity contribution >= 4 is 21.6 Å². The van der Waals surface area contributed by atoms with Gasteiger partial charge in [0.05, 0.1) is 4.92 Å². The average Bonchev–Trinajstić information content (AvgIpc) is 3.03. The molecule has 0 radical (unpaired) electrons. The lowest BCUT2D eigenvalue weighted by atomic mass is 10.2. The molecule has 0 saturated heterocycles. The van der Waals surface area contributed by atoms with Crippen LogP contribution >= 0.6 is 15.9 Å². The van der Waals surface area contributed by atoms with Gasteiger partial charge in [0.25, 0.3) is 11.6 Å². The Bertz CT molecular complexity index is 895. The molecule has 0 bridgehead atoms. The maximum Gasteiger partial charge on any atom is 0.270 e. The summed E-state index contributed by atoms with van der Waals surface area (Å²) in [5.41, 5.74) is 1.46. The number of nitro benzene ring substituents is 1. The molecule has 0 N–H and O–H groups in total. The molecule has 122 valence electrons. The Labute approximate surface area is 145 Å². The van der Waals surface area contributed by atoms with E-state index in [1.165, 1.54) is 12.1 Å². The van der Waals surface area contributed by atoms with Crippen molar-refractivity contribution in [2.24, 2.45) is 0 Å². The third-order valence-electron chi connectivity index (χ3n) is 3.27. The van der Waals surface area contributed by atoms with E-state index >= 15 is 0 Å². The van der Waals surface area contributed by atoms with E-state index in [4.69, 9.17) is 9.26 Å². The standard InChI is InChI=1S/C16H12BrN3O4/c1-10-7-12(17)5-6-14(10)23-9-15-18-16(19-24-15)11-3-2-4-13(8-11)20(21)22/h2-8H,9H2,1H3. The number of non-ortho nitro benzene ring substituents is 1. The highest BCUT2D eigenvalue weighted by atomic mass is 79.9. The van der Waals surface area contributed by atoms with E-state index in [1.54, 1.807) is 12.1 Å². The first-order chi connectivity index (χ1) is 11.5. The molecule has 2 aromatic carbocycles. The van der Waals surface area contributed by atoms with Crippen molar-refractivity contribution in [3.63, 3.8) is 0 Å². The zero-order valence-electron chi connectivity index (χ0n) is 12.6. The minimum Gasteiger partial charge on any atom is -0.483 e. The minimum absolute atomic E-state index is 0.0272. The molecule has 0 fully saturated rings. The van der Waals surface area contributed by atoms with Crippen LogP contribution in [0.15, 0.2) is 51.5 Å². The van der Waals surface area contributed by atoms with Gasteiger partial charge in [-0.1, -0.05) is 33.2 Å². The van der Waals surface area contributed by atoms with Crippen molar-refractivity contribution in [2.45, 2.75) is 13.5 Å². The van der Waals surface area contributed by atoms with Gasteiger partial charge in [0.15, 0.2) is 6.61 Å². The lowest BCUT2D eigenvalue weighted by molar-refractivity contribution is -0.384. The average molecular weight is 390 g/mol. The van der Waals surface area contributed by atoms with Crippen LogP contribution in [0.5, 0.6) is 5.75 Å². The zero-order valence-corrected chi connectivity index (χ0v) is 14.2. The molecule has 0 aliphatic rings. The van der Waals surface area contributed by atoms with Crippen molar-refractivity contribution in [1.82, 2.24) is 10.1 Å². The molecule has 3 rings (SSSR count). The maximum absolute atomic E-state index is 10.8. The van der Waals surface area contributed by atoms with E-state index in [1.807, 2.05) is 25.1 Å². The zero-order chi connectivity index (χ0) is 17.1. The number of ether oxygens (including phenoxy) is 1. The highest BCUT2D eigenvalue weighted by Gasteiger charge is 2.13. The fraction of sp³-hybridized carbons (Fsp3) is 0.125. The van der Waals surface area contributed by atoms with Gasteiger partial charge in [-0.3, -0.25) is 10.1 Å². The van der Waals surface area contributed by atoms with Gasteiger partial charge in [0.1, 0.15) is 5.75 Å². The number of aryl methyl sites for hydroxylation is 1. The van der Waals surface area contributed by atoms with Crippen LogP contribution in [0, 0.1) is 17.0 Å². The highest BCUT2D eigenvalue weighted by Crippen LogP contribution is 2.24. The van der Waals surface area contributed by atoms with Gasteiger partial charge in [-0.2, -0.15) is 4.98 Å². The Kier molecular flexibility index (Phi) is 4.57. The fourth-order valence-electron chi connectivity index (χ4n) is 2.10. The molecule has 0 spiro atoms. The van der Waals surface area contributed by atoms with Gasteiger partial charge in [-0.25, -0.2) is 0 Å². The molecule has 1 heterocycles. The van der Waals surface area contributed by atoms with Gasteiger partial charge >= 0.3 is 0 Å². The van der Waals surface area contributed by atoms with E-state index in [0.717, 1.165) is 10.0 Å². The molecule has 8 heteroatoms.